The number of nitrogens with one attached hydrogen (secondary N) is 1. The van der Waals surface area contributed by atoms with E-state index in [1.807, 2.05) is 36.9 Å². The number of H-pyrrole nitrogens is 1. The number of aromatic amines is 1. The van der Waals surface area contributed by atoms with E-state index in [9.17, 15) is 4.79 Å². The standard InChI is InChI=1S/C19H21N3O3/c1-12-3-4-15-14(10-25-17(15)7-12)8-18(23)22-5-6-24-11-16(22)19-13(2)9-20-21-19/h3-4,7,9-10,16H,5-6,8,11H2,1-2H3,(H,20,21)/t16-/m0/s1. The molecule has 25 heavy (non-hydrogen) atoms. The second kappa shape index (κ2) is 6.37. The van der Waals surface area contributed by atoms with Gasteiger partial charge in [0, 0.05) is 17.5 Å². The Hall–Kier alpha value is -2.60. The predicted octanol–water partition coefficient (Wildman–Crippen LogP) is 2.92. The van der Waals surface area contributed by atoms with Gasteiger partial charge in [-0.1, -0.05) is 12.1 Å². The molecule has 1 atom stereocenters. The molecule has 3 aromatic rings. The van der Waals surface area contributed by atoms with Gasteiger partial charge in [-0.05, 0) is 31.0 Å². The number of benzene rings is 1. The van der Waals surface area contributed by atoms with Crippen LogP contribution in [0.25, 0.3) is 11.0 Å². The van der Waals surface area contributed by atoms with E-state index in [1.54, 1.807) is 12.5 Å². The number of aryl methyl sites for hydroxylation is 2. The SMILES string of the molecule is Cc1ccc2c(CC(=O)N3CCOC[C@H]3c3[nH]ncc3C)coc2c1. The van der Waals surface area contributed by atoms with Crippen LogP contribution < -0.4 is 0 Å². The van der Waals surface area contributed by atoms with E-state index in [1.165, 1.54) is 0 Å². The van der Waals surface area contributed by atoms with Gasteiger partial charge in [0.2, 0.25) is 5.91 Å². The number of aromatic nitrogens is 2. The Balaban J connectivity index is 1.59. The number of hydrogen-bond donors (Lipinski definition) is 1. The highest BCUT2D eigenvalue weighted by Crippen LogP contribution is 2.28. The Morgan fingerprint density at radius 3 is 3.08 bits per heavy atom. The zero-order valence-corrected chi connectivity index (χ0v) is 14.4. The van der Waals surface area contributed by atoms with Crippen molar-refractivity contribution in [3.63, 3.8) is 0 Å². The van der Waals surface area contributed by atoms with E-state index in [4.69, 9.17) is 9.15 Å². The average Bonchev–Trinajstić information content (AvgIpc) is 3.21. The Kier molecular flexibility index (Phi) is 4.05. The number of furan rings is 1. The number of carbonyl (C=O) groups excluding carboxylic acids is 1. The first kappa shape index (κ1) is 15.9. The van der Waals surface area contributed by atoms with Gasteiger partial charge in [-0.15, -0.1) is 0 Å². The first-order valence-electron chi connectivity index (χ1n) is 8.47. The van der Waals surface area contributed by atoms with E-state index in [-0.39, 0.29) is 11.9 Å². The number of morpholine rings is 1. The summed E-state index contributed by atoms with van der Waals surface area (Å²) in [6, 6.07) is 5.93. The Morgan fingerprint density at radius 2 is 2.28 bits per heavy atom. The Morgan fingerprint density at radius 1 is 1.40 bits per heavy atom. The summed E-state index contributed by atoms with van der Waals surface area (Å²) in [5.74, 6) is 0.0746. The first-order chi connectivity index (χ1) is 12.1. The molecular formula is C19H21N3O3. The van der Waals surface area contributed by atoms with Crippen LogP contribution in [0, 0.1) is 13.8 Å². The highest BCUT2D eigenvalue weighted by Gasteiger charge is 2.31. The van der Waals surface area contributed by atoms with Crippen LogP contribution in [0.1, 0.15) is 28.4 Å². The molecule has 0 radical (unpaired) electrons. The molecule has 6 heteroatoms. The number of amides is 1. The van der Waals surface area contributed by atoms with Crippen molar-refractivity contribution in [3.05, 3.63) is 53.0 Å². The third-order valence-electron chi connectivity index (χ3n) is 4.80. The molecule has 1 N–H and O–H groups in total. The summed E-state index contributed by atoms with van der Waals surface area (Å²) in [5.41, 5.74) is 4.87. The van der Waals surface area contributed by atoms with Crippen molar-refractivity contribution in [1.82, 2.24) is 15.1 Å². The quantitative estimate of drug-likeness (QED) is 0.796. The summed E-state index contributed by atoms with van der Waals surface area (Å²) in [6.07, 6.45) is 3.79. The summed E-state index contributed by atoms with van der Waals surface area (Å²) in [7, 11) is 0. The molecule has 1 saturated heterocycles. The maximum absolute atomic E-state index is 13.0. The number of rotatable bonds is 3. The lowest BCUT2D eigenvalue weighted by molar-refractivity contribution is -0.139. The van der Waals surface area contributed by atoms with E-state index < -0.39 is 0 Å². The molecule has 0 saturated carbocycles. The molecule has 3 heterocycles. The van der Waals surface area contributed by atoms with Crippen LogP contribution in [-0.4, -0.2) is 40.8 Å². The molecule has 1 fully saturated rings. The molecule has 1 aromatic carbocycles. The van der Waals surface area contributed by atoms with Crippen LogP contribution in [-0.2, 0) is 16.0 Å². The molecule has 0 spiro atoms. The summed E-state index contributed by atoms with van der Waals surface area (Å²) in [5, 5.41) is 8.10. The molecule has 4 rings (SSSR count). The van der Waals surface area contributed by atoms with Crippen molar-refractivity contribution in [1.29, 1.82) is 0 Å². The second-order valence-corrected chi connectivity index (χ2v) is 6.58. The van der Waals surface area contributed by atoms with Gasteiger partial charge in [-0.2, -0.15) is 5.10 Å². The van der Waals surface area contributed by atoms with E-state index >= 15 is 0 Å². The van der Waals surface area contributed by atoms with Crippen molar-refractivity contribution >= 4 is 16.9 Å². The van der Waals surface area contributed by atoms with Gasteiger partial charge in [0.15, 0.2) is 0 Å². The minimum absolute atomic E-state index is 0.0746. The maximum atomic E-state index is 13.0. The summed E-state index contributed by atoms with van der Waals surface area (Å²) >= 11 is 0. The molecule has 130 valence electrons. The molecule has 1 aliphatic rings. The lowest BCUT2D eigenvalue weighted by Gasteiger charge is -2.35. The lowest BCUT2D eigenvalue weighted by Crippen LogP contribution is -2.44. The third kappa shape index (κ3) is 2.93. The van der Waals surface area contributed by atoms with E-state index in [0.29, 0.717) is 26.2 Å². The smallest absolute Gasteiger partial charge is 0.227 e. The fourth-order valence-electron chi connectivity index (χ4n) is 3.43. The summed E-state index contributed by atoms with van der Waals surface area (Å²) < 4.78 is 11.2. The van der Waals surface area contributed by atoms with Gasteiger partial charge in [-0.3, -0.25) is 9.89 Å². The van der Waals surface area contributed by atoms with E-state index in [2.05, 4.69) is 10.2 Å². The Labute approximate surface area is 145 Å². The Bertz CT molecular complexity index is 912. The number of fused-ring (bicyclic) bond motifs is 1. The predicted molar refractivity (Wildman–Crippen MR) is 93.3 cm³/mol. The van der Waals surface area contributed by atoms with Crippen LogP contribution in [0.3, 0.4) is 0 Å². The highest BCUT2D eigenvalue weighted by molar-refractivity contribution is 5.88. The van der Waals surface area contributed by atoms with Gasteiger partial charge >= 0.3 is 0 Å². The number of carbonyl (C=O) groups is 1. The van der Waals surface area contributed by atoms with Gasteiger partial charge in [0.1, 0.15) is 5.58 Å². The number of nitrogens with zero attached hydrogens (tertiary/aromatic N) is 2. The van der Waals surface area contributed by atoms with Crippen molar-refractivity contribution in [3.8, 4) is 0 Å². The topological polar surface area (TPSA) is 71.4 Å². The van der Waals surface area contributed by atoms with Gasteiger partial charge in [-0.25, -0.2) is 0 Å². The first-order valence-corrected chi connectivity index (χ1v) is 8.47. The second-order valence-electron chi connectivity index (χ2n) is 6.58. The fraction of sp³-hybridized carbons (Fsp3) is 0.368. The molecule has 1 aliphatic heterocycles. The summed E-state index contributed by atoms with van der Waals surface area (Å²) in [6.45, 7) is 5.64. The zero-order valence-electron chi connectivity index (χ0n) is 14.4. The number of ether oxygens (including phenoxy) is 1. The van der Waals surface area contributed by atoms with Crippen molar-refractivity contribution < 1.29 is 13.9 Å². The molecule has 6 nitrogen and oxygen atoms in total. The van der Waals surface area contributed by atoms with Crippen LogP contribution in [0.4, 0.5) is 0 Å². The fourth-order valence-corrected chi connectivity index (χ4v) is 3.43. The normalized spacial score (nSPS) is 18.0. The van der Waals surface area contributed by atoms with Crippen molar-refractivity contribution in [2.24, 2.45) is 0 Å². The maximum Gasteiger partial charge on any atom is 0.227 e. The van der Waals surface area contributed by atoms with Gasteiger partial charge < -0.3 is 14.1 Å². The third-order valence-corrected chi connectivity index (χ3v) is 4.80. The summed E-state index contributed by atoms with van der Waals surface area (Å²) in [4.78, 5) is 14.9. The highest BCUT2D eigenvalue weighted by atomic mass is 16.5. The van der Waals surface area contributed by atoms with Crippen LogP contribution >= 0.6 is 0 Å². The van der Waals surface area contributed by atoms with Crippen LogP contribution in [0.15, 0.2) is 35.1 Å². The largest absolute Gasteiger partial charge is 0.464 e. The van der Waals surface area contributed by atoms with Crippen molar-refractivity contribution in [2.75, 3.05) is 19.8 Å². The average molecular weight is 339 g/mol. The van der Waals surface area contributed by atoms with Gasteiger partial charge in [0.05, 0.1) is 43.8 Å². The molecule has 0 aliphatic carbocycles. The lowest BCUT2D eigenvalue weighted by atomic mass is 10.0. The molecule has 0 unspecified atom stereocenters. The molecule has 2 aromatic heterocycles. The van der Waals surface area contributed by atoms with E-state index in [0.717, 1.165) is 33.4 Å². The molecular weight excluding hydrogens is 318 g/mol. The van der Waals surface area contributed by atoms with Gasteiger partial charge in [0.25, 0.3) is 0 Å². The minimum atomic E-state index is -0.121. The van der Waals surface area contributed by atoms with Crippen LogP contribution in [0.5, 0.6) is 0 Å². The van der Waals surface area contributed by atoms with Crippen LogP contribution in [0.2, 0.25) is 0 Å². The number of hydrogen-bond acceptors (Lipinski definition) is 4. The monoisotopic (exact) mass is 339 g/mol. The molecule has 0 bridgehead atoms. The molecule has 1 amide bonds. The van der Waals surface area contributed by atoms with Crippen molar-refractivity contribution in [2.45, 2.75) is 26.3 Å². The minimum Gasteiger partial charge on any atom is -0.464 e. The zero-order chi connectivity index (χ0) is 17.4.